The molecule has 2 aliphatic rings. The summed E-state index contributed by atoms with van der Waals surface area (Å²) in [5, 5.41) is 0. The van der Waals surface area contributed by atoms with Gasteiger partial charge < -0.3 is 4.74 Å². The molecule has 6 aromatic carbocycles. The van der Waals surface area contributed by atoms with E-state index in [2.05, 4.69) is 160 Å². The molecule has 42 heavy (non-hydrogen) atoms. The minimum absolute atomic E-state index is 0.234. The molecule has 8 rings (SSSR count). The van der Waals surface area contributed by atoms with Crippen LogP contribution in [-0.4, -0.2) is 0 Å². The van der Waals surface area contributed by atoms with E-state index in [1.807, 2.05) is 0 Å². The average Bonchev–Trinajstić information content (AvgIpc) is 3.34. The molecular weight excluding hydrogens is 508 g/mol. The topological polar surface area (TPSA) is 9.23 Å². The molecule has 0 atom stereocenters. The van der Waals surface area contributed by atoms with Crippen LogP contribution in [0.2, 0.25) is 0 Å². The van der Waals surface area contributed by atoms with Gasteiger partial charge in [-0.15, -0.1) is 0 Å². The molecule has 0 radical (unpaired) electrons. The first kappa shape index (κ1) is 24.9. The molecule has 202 valence electrons. The van der Waals surface area contributed by atoms with Crippen LogP contribution in [0.25, 0.3) is 22.3 Å². The van der Waals surface area contributed by atoms with E-state index in [0.717, 1.165) is 11.5 Å². The maximum Gasteiger partial charge on any atom is 0.134 e. The second-order valence-corrected chi connectivity index (χ2v) is 12.1. The summed E-state index contributed by atoms with van der Waals surface area (Å²) in [5.41, 5.74) is 13.3. The van der Waals surface area contributed by atoms with Gasteiger partial charge in [0.1, 0.15) is 11.5 Å². The second kappa shape index (κ2) is 9.06. The Morgan fingerprint density at radius 1 is 0.476 bits per heavy atom. The van der Waals surface area contributed by atoms with Crippen LogP contribution in [0.1, 0.15) is 52.8 Å². The number of aryl methyl sites for hydroxylation is 1. The molecule has 0 aromatic heterocycles. The molecule has 1 aliphatic heterocycles. The fourth-order valence-electron chi connectivity index (χ4n) is 7.73. The van der Waals surface area contributed by atoms with Gasteiger partial charge in [-0.25, -0.2) is 0 Å². The van der Waals surface area contributed by atoms with Gasteiger partial charge in [-0.1, -0.05) is 147 Å². The molecule has 0 saturated heterocycles. The van der Waals surface area contributed by atoms with Crippen LogP contribution < -0.4 is 4.74 Å². The Morgan fingerprint density at radius 3 is 1.76 bits per heavy atom. The van der Waals surface area contributed by atoms with Crippen molar-refractivity contribution in [3.05, 3.63) is 178 Å². The zero-order valence-corrected chi connectivity index (χ0v) is 24.2. The van der Waals surface area contributed by atoms with Gasteiger partial charge in [0.05, 0.1) is 5.41 Å². The number of ether oxygens (including phenoxy) is 1. The first-order valence-electron chi connectivity index (χ1n) is 14.8. The van der Waals surface area contributed by atoms with Crippen molar-refractivity contribution in [1.29, 1.82) is 0 Å². The van der Waals surface area contributed by atoms with Crippen LogP contribution in [0.4, 0.5) is 0 Å². The summed E-state index contributed by atoms with van der Waals surface area (Å²) >= 11 is 0. The normalized spacial score (nSPS) is 15.1. The Hall–Kier alpha value is -4.88. The highest BCUT2D eigenvalue weighted by atomic mass is 16.5. The smallest absolute Gasteiger partial charge is 0.134 e. The van der Waals surface area contributed by atoms with Crippen molar-refractivity contribution in [2.75, 3.05) is 0 Å². The molecule has 0 saturated carbocycles. The SMILES string of the molecule is Cc1cccc2c1Oc1cccc(-c3cccc4c3-c3ccccc3C4(c3ccccc3)c3ccccc3)c1C2(C)C. The predicted octanol–water partition coefficient (Wildman–Crippen LogP) is 10.5. The van der Waals surface area contributed by atoms with Gasteiger partial charge in [-0.3, -0.25) is 0 Å². The van der Waals surface area contributed by atoms with Crippen molar-refractivity contribution >= 4 is 0 Å². The number of hydrogen-bond donors (Lipinski definition) is 0. The standard InChI is InChI=1S/C41H32O/c1-27-15-12-25-35-39(27)42-36-26-14-22-31(38(36)40(35,2)3)30-21-13-24-34-37(30)32-20-10-11-23-33(32)41(34,28-16-6-4-7-17-28)29-18-8-5-9-19-29/h4-26H,1-3H3. The summed E-state index contributed by atoms with van der Waals surface area (Å²) < 4.78 is 6.67. The summed E-state index contributed by atoms with van der Waals surface area (Å²) in [6.45, 7) is 6.81. The maximum atomic E-state index is 6.67. The fraction of sp³-hybridized carbons (Fsp3) is 0.122. The lowest BCUT2D eigenvalue weighted by atomic mass is 9.67. The lowest BCUT2D eigenvalue weighted by molar-refractivity contribution is 0.416. The van der Waals surface area contributed by atoms with Crippen LogP contribution in [0, 0.1) is 6.92 Å². The predicted molar refractivity (Wildman–Crippen MR) is 173 cm³/mol. The van der Waals surface area contributed by atoms with E-state index in [9.17, 15) is 0 Å². The number of rotatable bonds is 3. The number of fused-ring (bicyclic) bond motifs is 5. The first-order valence-corrected chi connectivity index (χ1v) is 14.8. The van der Waals surface area contributed by atoms with Crippen LogP contribution >= 0.6 is 0 Å². The van der Waals surface area contributed by atoms with E-state index >= 15 is 0 Å². The molecule has 0 amide bonds. The van der Waals surface area contributed by atoms with Crippen LogP contribution in [-0.2, 0) is 10.8 Å². The van der Waals surface area contributed by atoms with Crippen molar-refractivity contribution in [3.63, 3.8) is 0 Å². The van der Waals surface area contributed by atoms with E-state index in [1.165, 1.54) is 61.2 Å². The van der Waals surface area contributed by atoms with E-state index in [0.29, 0.717) is 0 Å². The van der Waals surface area contributed by atoms with E-state index in [-0.39, 0.29) is 5.41 Å². The van der Waals surface area contributed by atoms with E-state index in [4.69, 9.17) is 4.74 Å². The van der Waals surface area contributed by atoms with Gasteiger partial charge in [-0.05, 0) is 63.1 Å². The molecule has 1 nitrogen and oxygen atoms in total. The molecule has 0 unspecified atom stereocenters. The van der Waals surface area contributed by atoms with Crippen molar-refractivity contribution in [2.45, 2.75) is 31.6 Å². The van der Waals surface area contributed by atoms with Crippen molar-refractivity contribution in [1.82, 2.24) is 0 Å². The van der Waals surface area contributed by atoms with Crippen molar-refractivity contribution in [2.24, 2.45) is 0 Å². The Bertz CT molecular complexity index is 1940. The summed E-state index contributed by atoms with van der Waals surface area (Å²) in [7, 11) is 0. The molecule has 0 fully saturated rings. The lowest BCUT2D eigenvalue weighted by Gasteiger charge is -2.37. The quantitative estimate of drug-likeness (QED) is 0.217. The first-order chi connectivity index (χ1) is 20.5. The largest absolute Gasteiger partial charge is 0.456 e. The summed E-state index contributed by atoms with van der Waals surface area (Å²) in [6.07, 6.45) is 0. The van der Waals surface area contributed by atoms with Crippen LogP contribution in [0.3, 0.4) is 0 Å². The maximum absolute atomic E-state index is 6.67. The number of benzene rings is 6. The van der Waals surface area contributed by atoms with Crippen LogP contribution in [0.15, 0.2) is 140 Å². The minimum atomic E-state index is -0.422. The highest BCUT2D eigenvalue weighted by Gasteiger charge is 2.47. The average molecular weight is 541 g/mol. The summed E-state index contributed by atoms with van der Waals surface area (Å²) in [4.78, 5) is 0. The monoisotopic (exact) mass is 540 g/mol. The highest BCUT2D eigenvalue weighted by Crippen LogP contribution is 2.60. The molecular formula is C41H32O. The molecule has 0 N–H and O–H groups in total. The molecule has 0 spiro atoms. The van der Waals surface area contributed by atoms with Crippen molar-refractivity contribution in [3.8, 4) is 33.8 Å². The molecule has 0 bridgehead atoms. The number of hydrogen-bond acceptors (Lipinski definition) is 1. The van der Waals surface area contributed by atoms with Gasteiger partial charge in [0.2, 0.25) is 0 Å². The molecule has 1 heteroatoms. The lowest BCUT2D eigenvalue weighted by Crippen LogP contribution is -2.28. The van der Waals surface area contributed by atoms with Gasteiger partial charge in [-0.2, -0.15) is 0 Å². The van der Waals surface area contributed by atoms with E-state index in [1.54, 1.807) is 0 Å². The Morgan fingerprint density at radius 2 is 1.02 bits per heavy atom. The van der Waals surface area contributed by atoms with Crippen molar-refractivity contribution < 1.29 is 4.74 Å². The third-order valence-corrected chi connectivity index (χ3v) is 9.52. The Labute approximate surface area is 248 Å². The zero-order valence-electron chi connectivity index (χ0n) is 24.2. The second-order valence-electron chi connectivity index (χ2n) is 12.1. The molecule has 6 aromatic rings. The molecule has 1 aliphatic carbocycles. The van der Waals surface area contributed by atoms with Gasteiger partial charge in [0, 0.05) is 16.5 Å². The summed E-state index contributed by atoms with van der Waals surface area (Å²) in [5.74, 6) is 1.93. The third-order valence-electron chi connectivity index (χ3n) is 9.52. The van der Waals surface area contributed by atoms with E-state index < -0.39 is 5.41 Å². The van der Waals surface area contributed by atoms with Gasteiger partial charge in [0.25, 0.3) is 0 Å². The van der Waals surface area contributed by atoms with Gasteiger partial charge >= 0.3 is 0 Å². The Balaban J connectivity index is 1.46. The summed E-state index contributed by atoms with van der Waals surface area (Å²) in [6, 6.07) is 51.0. The Kier molecular flexibility index (Phi) is 5.37. The number of para-hydroxylation sites is 1. The minimum Gasteiger partial charge on any atom is -0.456 e. The third kappa shape index (κ3) is 3.25. The van der Waals surface area contributed by atoms with Gasteiger partial charge in [0.15, 0.2) is 0 Å². The fourth-order valence-corrected chi connectivity index (χ4v) is 7.73. The zero-order chi connectivity index (χ0) is 28.5. The van der Waals surface area contributed by atoms with Crippen LogP contribution in [0.5, 0.6) is 11.5 Å². The highest BCUT2D eigenvalue weighted by molar-refractivity contribution is 5.96. The molecule has 1 heterocycles.